The normalized spacial score (nSPS) is 18.7. The summed E-state index contributed by atoms with van der Waals surface area (Å²) in [6.07, 6.45) is 2.89. The lowest BCUT2D eigenvalue weighted by molar-refractivity contribution is -0.114. The Bertz CT molecular complexity index is 1070. The summed E-state index contributed by atoms with van der Waals surface area (Å²) in [4.78, 5) is 16.7. The summed E-state index contributed by atoms with van der Waals surface area (Å²) in [7, 11) is 1.68. The van der Waals surface area contributed by atoms with Crippen LogP contribution in [0.1, 0.15) is 27.2 Å². The molecule has 0 fully saturated rings. The van der Waals surface area contributed by atoms with Crippen molar-refractivity contribution in [3.8, 4) is 5.75 Å². The molecule has 4 rings (SSSR count). The number of allylic oxidation sites excluding steroid dienone is 2. The number of fused-ring (bicyclic) bond motifs is 1. The zero-order valence-corrected chi connectivity index (χ0v) is 18.5. The number of methoxy groups -OCH3 is 1. The first-order valence-corrected chi connectivity index (χ1v) is 10.9. The average Bonchev–Trinajstić information content (AvgIpc) is 3.27. The maximum atomic E-state index is 13.2. The van der Waals surface area contributed by atoms with Crippen LogP contribution in [0.2, 0.25) is 0 Å². The van der Waals surface area contributed by atoms with E-state index in [0.717, 1.165) is 46.4 Å². The highest BCUT2D eigenvalue weighted by atomic mass is 32.2. The third-order valence-electron chi connectivity index (χ3n) is 5.27. The highest BCUT2D eigenvalue weighted by Gasteiger charge is 2.31. The number of rotatable bonds is 5. The topological polar surface area (TPSA) is 45.1 Å². The van der Waals surface area contributed by atoms with Crippen molar-refractivity contribution in [2.45, 2.75) is 32.1 Å². The molecule has 2 aromatic carbocycles. The zero-order valence-electron chi connectivity index (χ0n) is 17.7. The van der Waals surface area contributed by atoms with Crippen molar-refractivity contribution in [1.82, 2.24) is 0 Å². The molecule has 0 spiro atoms. The number of para-hydroxylation sites is 1. The van der Waals surface area contributed by atoms with Crippen LogP contribution in [0.15, 0.2) is 80.8 Å². The van der Waals surface area contributed by atoms with Crippen molar-refractivity contribution in [1.29, 1.82) is 0 Å². The van der Waals surface area contributed by atoms with E-state index in [1.165, 1.54) is 9.90 Å². The number of carbonyl (C=O) groups is 1. The number of hydrazone groups is 1. The minimum atomic E-state index is -0.0716. The Morgan fingerprint density at radius 3 is 2.60 bits per heavy atom. The van der Waals surface area contributed by atoms with Gasteiger partial charge in [0.2, 0.25) is 0 Å². The molecule has 2 aliphatic heterocycles. The van der Waals surface area contributed by atoms with Crippen molar-refractivity contribution in [3.05, 3.63) is 70.8 Å². The Hall–Kier alpha value is -2.99. The minimum Gasteiger partial charge on any atom is -0.497 e. The maximum absolute atomic E-state index is 13.2. The molecule has 154 valence electrons. The summed E-state index contributed by atoms with van der Waals surface area (Å²) in [5.41, 5.74) is 4.37. The van der Waals surface area contributed by atoms with Gasteiger partial charge in [-0.15, -0.1) is 0 Å². The number of hydrogen-bond acceptors (Lipinski definition) is 5. The van der Waals surface area contributed by atoms with Crippen molar-refractivity contribution in [2.24, 2.45) is 5.10 Å². The predicted octanol–water partition coefficient (Wildman–Crippen LogP) is 5.60. The van der Waals surface area contributed by atoms with E-state index < -0.39 is 0 Å². The number of ether oxygens (including phenoxy) is 1. The summed E-state index contributed by atoms with van der Waals surface area (Å²) < 4.78 is 5.40. The lowest BCUT2D eigenvalue weighted by Gasteiger charge is -2.19. The van der Waals surface area contributed by atoms with Crippen LogP contribution in [0, 0.1) is 0 Å². The lowest BCUT2D eigenvalue weighted by Crippen LogP contribution is -2.22. The van der Waals surface area contributed by atoms with Gasteiger partial charge in [0.05, 0.1) is 34.8 Å². The second-order valence-corrected chi connectivity index (χ2v) is 8.12. The molecule has 0 aromatic heterocycles. The molecule has 2 aliphatic rings. The summed E-state index contributed by atoms with van der Waals surface area (Å²) in [5, 5.41) is 7.15. The monoisotopic (exact) mass is 419 g/mol. The van der Waals surface area contributed by atoms with Gasteiger partial charge in [-0.2, -0.15) is 10.1 Å². The Kier molecular flexibility index (Phi) is 5.68. The van der Waals surface area contributed by atoms with Gasteiger partial charge in [-0.05, 0) is 56.2 Å². The number of carbonyl (C=O) groups excluding carboxylic acids is 1. The Labute approximate surface area is 181 Å². The van der Waals surface area contributed by atoms with Gasteiger partial charge in [0.25, 0.3) is 5.91 Å². The second-order valence-electron chi connectivity index (χ2n) is 7.05. The summed E-state index contributed by atoms with van der Waals surface area (Å²) in [6, 6.07) is 15.7. The largest absolute Gasteiger partial charge is 0.497 e. The summed E-state index contributed by atoms with van der Waals surface area (Å²) in [6.45, 7) is 6.95. The molecule has 2 heterocycles. The molecule has 0 saturated carbocycles. The van der Waals surface area contributed by atoms with E-state index in [1.54, 1.807) is 18.9 Å². The van der Waals surface area contributed by atoms with Gasteiger partial charge in [-0.3, -0.25) is 4.79 Å². The van der Waals surface area contributed by atoms with Crippen LogP contribution < -0.4 is 14.6 Å². The SMILES string of the molecule is CCC(/C=C1\Sc2ccc(OC)cc2N1CC)=C1\C(=O)N(c2ccccc2)N=C1C. The zero-order chi connectivity index (χ0) is 21.3. The van der Waals surface area contributed by atoms with E-state index in [0.29, 0.717) is 5.57 Å². The molecule has 0 unspecified atom stereocenters. The molecular weight excluding hydrogens is 394 g/mol. The third kappa shape index (κ3) is 3.52. The van der Waals surface area contributed by atoms with E-state index >= 15 is 0 Å². The van der Waals surface area contributed by atoms with E-state index in [-0.39, 0.29) is 5.91 Å². The number of amides is 1. The average molecular weight is 420 g/mol. The fraction of sp³-hybridized carbons (Fsp3) is 0.250. The molecule has 2 aromatic rings. The Morgan fingerprint density at radius 1 is 1.17 bits per heavy atom. The fourth-order valence-corrected chi connectivity index (χ4v) is 4.94. The van der Waals surface area contributed by atoms with Crippen LogP contribution in [0.4, 0.5) is 11.4 Å². The molecule has 5 nitrogen and oxygen atoms in total. The first kappa shape index (κ1) is 20.3. The van der Waals surface area contributed by atoms with Gasteiger partial charge in [-0.1, -0.05) is 36.9 Å². The standard InChI is InChI=1S/C24H25N3O2S/c1-5-17(23-16(3)25-27(24(23)28)18-10-8-7-9-11-18)14-22-26(6-2)20-15-19(29-4)12-13-21(20)30-22/h7-15H,5-6H2,1-4H3/b22-14-,23-17+. The van der Waals surface area contributed by atoms with Crippen molar-refractivity contribution < 1.29 is 9.53 Å². The van der Waals surface area contributed by atoms with Gasteiger partial charge >= 0.3 is 0 Å². The van der Waals surface area contributed by atoms with E-state index in [2.05, 4.69) is 42.1 Å². The van der Waals surface area contributed by atoms with Crippen LogP contribution in [0.3, 0.4) is 0 Å². The molecule has 0 N–H and O–H groups in total. The Balaban J connectivity index is 1.72. The smallest absolute Gasteiger partial charge is 0.280 e. The summed E-state index contributed by atoms with van der Waals surface area (Å²) >= 11 is 1.72. The molecule has 30 heavy (non-hydrogen) atoms. The molecule has 1 amide bonds. The number of anilines is 2. The number of benzene rings is 2. The van der Waals surface area contributed by atoms with E-state index in [1.807, 2.05) is 43.3 Å². The van der Waals surface area contributed by atoms with Gasteiger partial charge in [0.15, 0.2) is 0 Å². The van der Waals surface area contributed by atoms with Crippen LogP contribution >= 0.6 is 11.8 Å². The predicted molar refractivity (Wildman–Crippen MR) is 124 cm³/mol. The van der Waals surface area contributed by atoms with Crippen LogP contribution in [-0.2, 0) is 4.79 Å². The second kappa shape index (κ2) is 8.40. The molecule has 0 saturated heterocycles. The maximum Gasteiger partial charge on any atom is 0.280 e. The van der Waals surface area contributed by atoms with Gasteiger partial charge in [0.1, 0.15) is 5.75 Å². The van der Waals surface area contributed by atoms with E-state index in [4.69, 9.17) is 4.74 Å². The van der Waals surface area contributed by atoms with Crippen molar-refractivity contribution in [2.75, 3.05) is 23.6 Å². The highest BCUT2D eigenvalue weighted by Crippen LogP contribution is 2.47. The first-order valence-electron chi connectivity index (χ1n) is 10.1. The molecule has 0 radical (unpaired) electrons. The molecule has 0 aliphatic carbocycles. The number of thioether (sulfide) groups is 1. The van der Waals surface area contributed by atoms with Crippen LogP contribution in [-0.4, -0.2) is 25.3 Å². The van der Waals surface area contributed by atoms with Crippen LogP contribution in [0.25, 0.3) is 0 Å². The van der Waals surface area contributed by atoms with Gasteiger partial charge < -0.3 is 9.64 Å². The van der Waals surface area contributed by atoms with Gasteiger partial charge in [-0.25, -0.2) is 0 Å². The molecule has 0 bridgehead atoms. The molecule has 0 atom stereocenters. The molecular formula is C24H25N3O2S. The highest BCUT2D eigenvalue weighted by molar-refractivity contribution is 8.03. The Morgan fingerprint density at radius 2 is 1.93 bits per heavy atom. The van der Waals surface area contributed by atoms with Gasteiger partial charge in [0, 0.05) is 17.5 Å². The number of hydrogen-bond donors (Lipinski definition) is 0. The lowest BCUT2D eigenvalue weighted by atomic mass is 10.0. The van der Waals surface area contributed by atoms with Crippen molar-refractivity contribution >= 4 is 34.8 Å². The van der Waals surface area contributed by atoms with E-state index in [9.17, 15) is 4.79 Å². The number of nitrogens with zero attached hydrogens (tertiary/aromatic N) is 3. The summed E-state index contributed by atoms with van der Waals surface area (Å²) in [5.74, 6) is 0.771. The fourth-order valence-electron chi connectivity index (χ4n) is 3.76. The minimum absolute atomic E-state index is 0.0716. The van der Waals surface area contributed by atoms with Crippen molar-refractivity contribution in [3.63, 3.8) is 0 Å². The first-order chi connectivity index (χ1) is 14.6. The van der Waals surface area contributed by atoms with Crippen LogP contribution in [0.5, 0.6) is 5.75 Å². The third-order valence-corrected chi connectivity index (χ3v) is 6.38. The quantitative estimate of drug-likeness (QED) is 0.592. The molecule has 6 heteroatoms.